The highest BCUT2D eigenvalue weighted by Crippen LogP contribution is 2.14. The molecule has 0 radical (unpaired) electrons. The fraction of sp³-hybridized carbons (Fsp3) is 0.429. The summed E-state index contributed by atoms with van der Waals surface area (Å²) in [5, 5.41) is 21.1. The highest BCUT2D eigenvalue weighted by atomic mass is 32.1. The summed E-state index contributed by atoms with van der Waals surface area (Å²) in [6.07, 6.45) is 2.52. The first-order chi connectivity index (χ1) is 10.1. The number of carbonyl (C=O) groups excluding carboxylic acids is 1. The van der Waals surface area contributed by atoms with Crippen molar-refractivity contribution in [2.75, 3.05) is 18.5 Å². The third-order valence-corrected chi connectivity index (χ3v) is 4.04. The average molecular weight is 308 g/mol. The summed E-state index contributed by atoms with van der Waals surface area (Å²) in [5.74, 6) is 0.0180. The van der Waals surface area contributed by atoms with Crippen LogP contribution in [0, 0.1) is 12.8 Å². The standard InChI is InChI=1S/C14H20N4O2S/c1-10-13(8-18(2)17-10)16-14(20)15-7-11(9-19)6-12-4-3-5-21-12/h3-5,8,11,19H,6-7,9H2,1-2H3,(H2,15,16,20). The van der Waals surface area contributed by atoms with Gasteiger partial charge in [-0.25, -0.2) is 4.79 Å². The van der Waals surface area contributed by atoms with E-state index in [2.05, 4.69) is 15.7 Å². The Morgan fingerprint density at radius 2 is 2.38 bits per heavy atom. The molecule has 7 heteroatoms. The maximum Gasteiger partial charge on any atom is 0.319 e. The lowest BCUT2D eigenvalue weighted by Crippen LogP contribution is -2.34. The first kappa shape index (κ1) is 15.5. The molecule has 1 atom stereocenters. The van der Waals surface area contributed by atoms with Crippen LogP contribution >= 0.6 is 11.3 Å². The summed E-state index contributed by atoms with van der Waals surface area (Å²) in [6, 6.07) is 3.74. The SMILES string of the molecule is Cc1nn(C)cc1NC(=O)NCC(CO)Cc1cccs1. The monoisotopic (exact) mass is 308 g/mol. The third-order valence-electron chi connectivity index (χ3n) is 3.14. The van der Waals surface area contributed by atoms with Crippen LogP contribution in [0.4, 0.5) is 10.5 Å². The smallest absolute Gasteiger partial charge is 0.319 e. The van der Waals surface area contributed by atoms with Gasteiger partial charge < -0.3 is 15.7 Å². The molecule has 0 saturated carbocycles. The van der Waals surface area contributed by atoms with Crippen molar-refractivity contribution in [3.63, 3.8) is 0 Å². The van der Waals surface area contributed by atoms with Crippen molar-refractivity contribution in [2.45, 2.75) is 13.3 Å². The lowest BCUT2D eigenvalue weighted by Gasteiger charge is -2.14. The number of nitrogens with one attached hydrogen (secondary N) is 2. The van der Waals surface area contributed by atoms with E-state index in [1.54, 1.807) is 29.3 Å². The van der Waals surface area contributed by atoms with Crippen molar-refractivity contribution < 1.29 is 9.90 Å². The zero-order valence-electron chi connectivity index (χ0n) is 12.2. The number of hydrogen-bond acceptors (Lipinski definition) is 4. The van der Waals surface area contributed by atoms with Crippen LogP contribution in [0.1, 0.15) is 10.6 Å². The molecule has 6 nitrogen and oxygen atoms in total. The lowest BCUT2D eigenvalue weighted by molar-refractivity contribution is 0.218. The molecule has 0 aliphatic heterocycles. The second-order valence-corrected chi connectivity index (χ2v) is 6.00. The molecule has 114 valence electrons. The number of aromatic nitrogens is 2. The van der Waals surface area contributed by atoms with Crippen molar-refractivity contribution >= 4 is 23.1 Å². The molecule has 21 heavy (non-hydrogen) atoms. The lowest BCUT2D eigenvalue weighted by atomic mass is 10.1. The minimum Gasteiger partial charge on any atom is -0.396 e. The average Bonchev–Trinajstić information content (AvgIpc) is 3.05. The topological polar surface area (TPSA) is 79.2 Å². The van der Waals surface area contributed by atoms with Crippen LogP contribution in [-0.4, -0.2) is 34.1 Å². The van der Waals surface area contributed by atoms with Gasteiger partial charge in [-0.2, -0.15) is 5.10 Å². The van der Waals surface area contributed by atoms with Gasteiger partial charge in [0.25, 0.3) is 0 Å². The molecule has 0 fully saturated rings. The summed E-state index contributed by atoms with van der Waals surface area (Å²) in [4.78, 5) is 13.1. The fourth-order valence-electron chi connectivity index (χ4n) is 2.04. The van der Waals surface area contributed by atoms with Crippen molar-refractivity contribution in [3.8, 4) is 0 Å². The Kier molecular flexibility index (Phi) is 5.35. The van der Waals surface area contributed by atoms with E-state index in [4.69, 9.17) is 0 Å². The van der Waals surface area contributed by atoms with Gasteiger partial charge in [0.05, 0.1) is 11.4 Å². The zero-order chi connectivity index (χ0) is 15.2. The van der Waals surface area contributed by atoms with E-state index in [9.17, 15) is 9.90 Å². The molecule has 0 aliphatic rings. The summed E-state index contributed by atoms with van der Waals surface area (Å²) < 4.78 is 1.65. The molecule has 2 amide bonds. The van der Waals surface area contributed by atoms with Crippen LogP contribution in [0.2, 0.25) is 0 Å². The number of urea groups is 1. The number of amides is 2. The highest BCUT2D eigenvalue weighted by molar-refractivity contribution is 7.09. The zero-order valence-corrected chi connectivity index (χ0v) is 13.0. The van der Waals surface area contributed by atoms with E-state index >= 15 is 0 Å². The molecule has 0 bridgehead atoms. The molecule has 2 aromatic rings. The summed E-state index contributed by atoms with van der Waals surface area (Å²) in [7, 11) is 1.80. The van der Waals surface area contributed by atoms with Gasteiger partial charge in [-0.3, -0.25) is 4.68 Å². The van der Waals surface area contributed by atoms with Crippen molar-refractivity contribution in [3.05, 3.63) is 34.3 Å². The maximum absolute atomic E-state index is 11.9. The van der Waals surface area contributed by atoms with Gasteiger partial charge >= 0.3 is 6.03 Å². The Morgan fingerprint density at radius 1 is 1.57 bits per heavy atom. The second kappa shape index (κ2) is 7.24. The predicted molar refractivity (Wildman–Crippen MR) is 83.6 cm³/mol. The summed E-state index contributed by atoms with van der Waals surface area (Å²) in [6.45, 7) is 2.31. The van der Waals surface area contributed by atoms with Crippen molar-refractivity contribution in [1.82, 2.24) is 15.1 Å². The van der Waals surface area contributed by atoms with Gasteiger partial charge in [0.15, 0.2) is 0 Å². The quantitative estimate of drug-likeness (QED) is 0.761. The Hall–Kier alpha value is -1.86. The van der Waals surface area contributed by atoms with E-state index in [1.807, 2.05) is 24.4 Å². The van der Waals surface area contributed by atoms with E-state index in [0.29, 0.717) is 12.2 Å². The van der Waals surface area contributed by atoms with E-state index < -0.39 is 0 Å². The van der Waals surface area contributed by atoms with Crippen LogP contribution < -0.4 is 10.6 Å². The molecule has 0 aliphatic carbocycles. The van der Waals surface area contributed by atoms with Gasteiger partial charge in [0, 0.05) is 37.2 Å². The third kappa shape index (κ3) is 4.57. The maximum atomic E-state index is 11.9. The molecular formula is C14H20N4O2S. The molecule has 3 N–H and O–H groups in total. The number of rotatable bonds is 6. The molecule has 2 heterocycles. The van der Waals surface area contributed by atoms with Gasteiger partial charge in [0.1, 0.15) is 0 Å². The fourth-order valence-corrected chi connectivity index (χ4v) is 2.86. The molecule has 0 saturated heterocycles. The van der Waals surface area contributed by atoms with E-state index in [0.717, 1.165) is 12.1 Å². The van der Waals surface area contributed by atoms with Gasteiger partial charge in [-0.1, -0.05) is 6.07 Å². The first-order valence-electron chi connectivity index (χ1n) is 6.77. The van der Waals surface area contributed by atoms with E-state index in [1.165, 1.54) is 4.88 Å². The van der Waals surface area contributed by atoms with Gasteiger partial charge in [-0.15, -0.1) is 11.3 Å². The number of anilines is 1. The molecular weight excluding hydrogens is 288 g/mol. The minimum absolute atomic E-state index is 0.0180. The number of aliphatic hydroxyl groups is 1. The highest BCUT2D eigenvalue weighted by Gasteiger charge is 2.12. The van der Waals surface area contributed by atoms with Crippen LogP contribution in [-0.2, 0) is 13.5 Å². The second-order valence-electron chi connectivity index (χ2n) is 4.97. The molecule has 1 unspecified atom stereocenters. The number of hydrogen-bond donors (Lipinski definition) is 3. The Morgan fingerprint density at radius 3 is 2.95 bits per heavy atom. The molecule has 2 rings (SSSR count). The molecule has 2 aromatic heterocycles. The minimum atomic E-state index is -0.282. The van der Waals surface area contributed by atoms with Crippen molar-refractivity contribution in [1.29, 1.82) is 0 Å². The number of aliphatic hydroxyl groups excluding tert-OH is 1. The van der Waals surface area contributed by atoms with Crippen LogP contribution in [0.25, 0.3) is 0 Å². The largest absolute Gasteiger partial charge is 0.396 e. The number of carbonyl (C=O) groups is 1. The van der Waals surface area contributed by atoms with Gasteiger partial charge in [-0.05, 0) is 24.8 Å². The van der Waals surface area contributed by atoms with Gasteiger partial charge in [0.2, 0.25) is 0 Å². The number of thiophene rings is 1. The van der Waals surface area contributed by atoms with Crippen molar-refractivity contribution in [2.24, 2.45) is 13.0 Å². The Bertz CT molecular complexity index is 580. The number of aryl methyl sites for hydroxylation is 2. The summed E-state index contributed by atoms with van der Waals surface area (Å²) in [5.41, 5.74) is 1.46. The molecule has 0 aromatic carbocycles. The van der Waals surface area contributed by atoms with Crippen LogP contribution in [0.5, 0.6) is 0 Å². The van der Waals surface area contributed by atoms with Crippen LogP contribution in [0.3, 0.4) is 0 Å². The first-order valence-corrected chi connectivity index (χ1v) is 7.64. The Balaban J connectivity index is 1.80. The number of nitrogens with zero attached hydrogens (tertiary/aromatic N) is 2. The predicted octanol–water partition coefficient (Wildman–Crippen LogP) is 1.76. The van der Waals surface area contributed by atoms with Crippen LogP contribution in [0.15, 0.2) is 23.7 Å². The molecule has 0 spiro atoms. The van der Waals surface area contributed by atoms with E-state index in [-0.39, 0.29) is 18.6 Å². The normalized spacial score (nSPS) is 12.1. The Labute approximate surface area is 127 Å². The summed E-state index contributed by atoms with van der Waals surface area (Å²) >= 11 is 1.66.